The van der Waals surface area contributed by atoms with Crippen LogP contribution in [0, 0.1) is 13.8 Å². The van der Waals surface area contributed by atoms with Crippen molar-refractivity contribution < 1.29 is 9.32 Å². The largest absolute Gasteiger partial charge is 0.337 e. The Morgan fingerprint density at radius 2 is 1.67 bits per heavy atom. The van der Waals surface area contributed by atoms with Crippen LogP contribution in [0.25, 0.3) is 11.4 Å². The van der Waals surface area contributed by atoms with E-state index in [-0.39, 0.29) is 12.5 Å². The molecule has 1 aromatic heterocycles. The third kappa shape index (κ3) is 4.42. The molecule has 140 valence electrons. The number of nitrogens with zero attached hydrogens (tertiary/aromatic N) is 3. The van der Waals surface area contributed by atoms with Crippen LogP contribution in [-0.4, -0.2) is 26.5 Å². The number of rotatable bonds is 4. The van der Waals surface area contributed by atoms with Gasteiger partial charge in [-0.05, 0) is 46.8 Å². The van der Waals surface area contributed by atoms with Gasteiger partial charge in [-0.2, -0.15) is 4.98 Å². The van der Waals surface area contributed by atoms with Gasteiger partial charge in [0.2, 0.25) is 11.7 Å². The van der Waals surface area contributed by atoms with Gasteiger partial charge in [0.25, 0.3) is 5.91 Å². The Morgan fingerprint density at radius 3 is 2.26 bits per heavy atom. The zero-order chi connectivity index (χ0) is 19.6. The van der Waals surface area contributed by atoms with Gasteiger partial charge in [-0.15, -0.1) is 0 Å². The monoisotopic (exact) mass is 363 g/mol. The van der Waals surface area contributed by atoms with Gasteiger partial charge in [-0.3, -0.25) is 4.79 Å². The molecule has 0 N–H and O–H groups in total. The highest BCUT2D eigenvalue weighted by atomic mass is 16.5. The van der Waals surface area contributed by atoms with E-state index in [9.17, 15) is 4.79 Å². The molecule has 1 heterocycles. The molecule has 0 saturated heterocycles. The molecule has 0 aliphatic heterocycles. The van der Waals surface area contributed by atoms with Gasteiger partial charge in [-0.1, -0.05) is 52.7 Å². The first kappa shape index (κ1) is 18.8. The predicted molar refractivity (Wildman–Crippen MR) is 105 cm³/mol. The van der Waals surface area contributed by atoms with Crippen molar-refractivity contribution in [3.8, 4) is 11.4 Å². The van der Waals surface area contributed by atoms with Crippen molar-refractivity contribution in [2.45, 2.75) is 46.7 Å². The van der Waals surface area contributed by atoms with Gasteiger partial charge < -0.3 is 9.42 Å². The Hall–Kier alpha value is -2.95. The van der Waals surface area contributed by atoms with Crippen LogP contribution in [0.4, 0.5) is 0 Å². The SMILES string of the molecule is Cc1cc(C)cc(C(=O)N(Cc2nc(-c3ccccc3)no2)C(C)(C)C)c1. The van der Waals surface area contributed by atoms with Gasteiger partial charge in [0, 0.05) is 16.7 Å². The molecule has 3 rings (SSSR count). The highest BCUT2D eigenvalue weighted by Crippen LogP contribution is 2.23. The number of carbonyl (C=O) groups is 1. The van der Waals surface area contributed by atoms with Gasteiger partial charge in [0.05, 0.1) is 0 Å². The zero-order valence-electron chi connectivity index (χ0n) is 16.5. The van der Waals surface area contributed by atoms with Crippen molar-refractivity contribution in [1.82, 2.24) is 15.0 Å². The lowest BCUT2D eigenvalue weighted by Crippen LogP contribution is -2.45. The van der Waals surface area contributed by atoms with E-state index >= 15 is 0 Å². The Balaban J connectivity index is 1.88. The molecule has 0 radical (unpaired) electrons. The second-order valence-electron chi connectivity index (χ2n) is 7.82. The minimum absolute atomic E-state index is 0.0474. The van der Waals surface area contributed by atoms with Crippen LogP contribution in [-0.2, 0) is 6.54 Å². The van der Waals surface area contributed by atoms with Crippen molar-refractivity contribution in [2.75, 3.05) is 0 Å². The first-order valence-electron chi connectivity index (χ1n) is 9.02. The molecule has 5 nitrogen and oxygen atoms in total. The Morgan fingerprint density at radius 1 is 1.04 bits per heavy atom. The molecular weight excluding hydrogens is 338 g/mol. The number of amides is 1. The quantitative estimate of drug-likeness (QED) is 0.668. The molecule has 0 bridgehead atoms. The van der Waals surface area contributed by atoms with Crippen LogP contribution in [0.2, 0.25) is 0 Å². The number of aryl methyl sites for hydroxylation is 2. The maximum atomic E-state index is 13.2. The topological polar surface area (TPSA) is 59.2 Å². The third-order valence-electron chi connectivity index (χ3n) is 4.32. The maximum Gasteiger partial charge on any atom is 0.254 e. The molecule has 0 aliphatic carbocycles. The lowest BCUT2D eigenvalue weighted by molar-refractivity contribution is 0.0526. The van der Waals surface area contributed by atoms with Crippen LogP contribution in [0.1, 0.15) is 48.1 Å². The van der Waals surface area contributed by atoms with Gasteiger partial charge >= 0.3 is 0 Å². The zero-order valence-corrected chi connectivity index (χ0v) is 16.5. The van der Waals surface area contributed by atoms with Crippen molar-refractivity contribution in [3.05, 3.63) is 71.1 Å². The highest BCUT2D eigenvalue weighted by molar-refractivity contribution is 5.95. The lowest BCUT2D eigenvalue weighted by Gasteiger charge is -2.34. The van der Waals surface area contributed by atoms with E-state index in [0.29, 0.717) is 17.3 Å². The molecule has 0 aliphatic rings. The van der Waals surface area contributed by atoms with E-state index in [4.69, 9.17) is 4.52 Å². The summed E-state index contributed by atoms with van der Waals surface area (Å²) < 4.78 is 5.42. The summed E-state index contributed by atoms with van der Waals surface area (Å²) >= 11 is 0. The average Bonchev–Trinajstić information content (AvgIpc) is 3.07. The number of hydrogen-bond donors (Lipinski definition) is 0. The number of benzene rings is 2. The fraction of sp³-hybridized carbons (Fsp3) is 0.318. The average molecular weight is 363 g/mol. The number of aromatic nitrogens is 2. The fourth-order valence-electron chi connectivity index (χ4n) is 3.03. The van der Waals surface area contributed by atoms with E-state index in [2.05, 4.69) is 16.2 Å². The molecule has 2 aromatic carbocycles. The smallest absolute Gasteiger partial charge is 0.254 e. The summed E-state index contributed by atoms with van der Waals surface area (Å²) in [6.45, 7) is 10.3. The molecule has 0 saturated carbocycles. The van der Waals surface area contributed by atoms with Crippen LogP contribution in [0.15, 0.2) is 53.1 Å². The standard InChI is InChI=1S/C22H25N3O2/c1-15-11-16(2)13-18(12-15)21(26)25(22(3,4)5)14-19-23-20(24-27-19)17-9-7-6-8-10-17/h6-13H,14H2,1-5H3. The van der Waals surface area contributed by atoms with Gasteiger partial charge in [0.15, 0.2) is 0 Å². The second kappa shape index (κ2) is 7.35. The molecule has 27 heavy (non-hydrogen) atoms. The van der Waals surface area contributed by atoms with Crippen LogP contribution in [0.5, 0.6) is 0 Å². The number of hydrogen-bond acceptors (Lipinski definition) is 4. The van der Waals surface area contributed by atoms with E-state index < -0.39 is 5.54 Å². The first-order valence-corrected chi connectivity index (χ1v) is 9.02. The minimum atomic E-state index is -0.393. The van der Waals surface area contributed by atoms with E-state index in [0.717, 1.165) is 16.7 Å². The summed E-state index contributed by atoms with van der Waals surface area (Å²) in [5, 5.41) is 4.06. The predicted octanol–water partition coefficient (Wildman–Crippen LogP) is 4.79. The number of carbonyl (C=O) groups excluding carboxylic acids is 1. The van der Waals surface area contributed by atoms with E-state index in [1.165, 1.54) is 0 Å². The maximum absolute atomic E-state index is 13.2. The summed E-state index contributed by atoms with van der Waals surface area (Å²) in [5.41, 5.74) is 3.30. The highest BCUT2D eigenvalue weighted by Gasteiger charge is 2.29. The minimum Gasteiger partial charge on any atom is -0.337 e. The Kier molecular flexibility index (Phi) is 5.13. The van der Waals surface area contributed by atoms with Crippen LogP contribution < -0.4 is 0 Å². The van der Waals surface area contributed by atoms with E-state index in [1.807, 2.05) is 77.1 Å². The molecule has 3 aromatic rings. The summed E-state index contributed by atoms with van der Waals surface area (Å²) in [4.78, 5) is 19.5. The Labute approximate surface area is 160 Å². The molecule has 0 spiro atoms. The third-order valence-corrected chi connectivity index (χ3v) is 4.32. The van der Waals surface area contributed by atoms with Crippen molar-refractivity contribution in [2.24, 2.45) is 0 Å². The fourth-order valence-corrected chi connectivity index (χ4v) is 3.03. The summed E-state index contributed by atoms with van der Waals surface area (Å²) in [6.07, 6.45) is 0. The van der Waals surface area contributed by atoms with Crippen LogP contribution >= 0.6 is 0 Å². The summed E-state index contributed by atoms with van der Waals surface area (Å²) in [5.74, 6) is 0.897. The Bertz CT molecular complexity index is 919. The molecule has 0 atom stereocenters. The van der Waals surface area contributed by atoms with Crippen molar-refractivity contribution in [1.29, 1.82) is 0 Å². The van der Waals surface area contributed by atoms with E-state index in [1.54, 1.807) is 4.90 Å². The molecular formula is C22H25N3O2. The van der Waals surface area contributed by atoms with Gasteiger partial charge in [-0.25, -0.2) is 0 Å². The molecule has 1 amide bonds. The van der Waals surface area contributed by atoms with Crippen LogP contribution in [0.3, 0.4) is 0 Å². The molecule has 0 fully saturated rings. The first-order chi connectivity index (χ1) is 12.7. The second-order valence-corrected chi connectivity index (χ2v) is 7.82. The molecule has 0 unspecified atom stereocenters. The van der Waals surface area contributed by atoms with Crippen molar-refractivity contribution >= 4 is 5.91 Å². The lowest BCUT2D eigenvalue weighted by atomic mass is 10.0. The molecule has 5 heteroatoms. The normalized spacial score (nSPS) is 11.4. The summed E-state index contributed by atoms with van der Waals surface area (Å²) in [6, 6.07) is 15.5. The van der Waals surface area contributed by atoms with Crippen molar-refractivity contribution in [3.63, 3.8) is 0 Å². The van der Waals surface area contributed by atoms with Gasteiger partial charge in [0.1, 0.15) is 6.54 Å². The summed E-state index contributed by atoms with van der Waals surface area (Å²) in [7, 11) is 0.